The van der Waals surface area contributed by atoms with Crippen LogP contribution in [0.25, 0.3) is 38.3 Å². The first-order valence-electron chi connectivity index (χ1n) is 16.0. The molecule has 0 aliphatic heterocycles. The summed E-state index contributed by atoms with van der Waals surface area (Å²) >= 11 is 0. The Morgan fingerprint density at radius 3 is 2.07 bits per heavy atom. The third-order valence-electron chi connectivity index (χ3n) is 7.78. The minimum Gasteiger partial charge on any atom is -0.309 e. The molecular formula is C43H39N3. The lowest BCUT2D eigenvalue weighted by Crippen LogP contribution is -1.94. The SMILES string of the molecule is C/C=C\C(=C/C=Nc1cc2c(c3ccccc13)c1ccccc1n2-c1ccc(C#N)cc1)C1=CC=CCC1.CC.c1ccccc1. The molecule has 0 fully saturated rings. The molecule has 0 spiro atoms. The Labute approximate surface area is 272 Å². The molecular weight excluding hydrogens is 558 g/mol. The fraction of sp³-hybridized carbons (Fsp3) is 0.116. The highest BCUT2D eigenvalue weighted by molar-refractivity contribution is 6.23. The highest BCUT2D eigenvalue weighted by atomic mass is 15.0. The first-order chi connectivity index (χ1) is 22.8. The molecule has 0 atom stereocenters. The molecule has 6 aromatic rings. The van der Waals surface area contributed by atoms with Crippen LogP contribution in [0.2, 0.25) is 0 Å². The smallest absolute Gasteiger partial charge is 0.0991 e. The van der Waals surface area contributed by atoms with Gasteiger partial charge in [-0.15, -0.1) is 0 Å². The van der Waals surface area contributed by atoms with E-state index in [1.807, 2.05) is 87.6 Å². The zero-order valence-electron chi connectivity index (χ0n) is 26.8. The van der Waals surface area contributed by atoms with Crippen molar-refractivity contribution in [1.82, 2.24) is 4.57 Å². The van der Waals surface area contributed by atoms with Crippen LogP contribution in [-0.2, 0) is 0 Å². The summed E-state index contributed by atoms with van der Waals surface area (Å²) < 4.78 is 2.28. The van der Waals surface area contributed by atoms with Gasteiger partial charge in [0.1, 0.15) is 0 Å². The second kappa shape index (κ2) is 15.8. The summed E-state index contributed by atoms with van der Waals surface area (Å²) in [6.45, 7) is 6.05. The normalized spacial score (nSPS) is 12.9. The lowest BCUT2D eigenvalue weighted by molar-refractivity contribution is 0.978. The van der Waals surface area contributed by atoms with Crippen molar-refractivity contribution < 1.29 is 0 Å². The average molecular weight is 598 g/mol. The molecule has 1 heterocycles. The number of aliphatic imine (C=N–C) groups is 1. The second-order valence-corrected chi connectivity index (χ2v) is 10.6. The molecule has 1 aromatic heterocycles. The number of nitriles is 1. The minimum absolute atomic E-state index is 0.651. The van der Waals surface area contributed by atoms with Gasteiger partial charge in [0.05, 0.1) is 28.4 Å². The number of hydrogen-bond acceptors (Lipinski definition) is 2. The second-order valence-electron chi connectivity index (χ2n) is 10.6. The predicted octanol–water partition coefficient (Wildman–Crippen LogP) is 12.0. The molecule has 0 saturated heterocycles. The highest BCUT2D eigenvalue weighted by Crippen LogP contribution is 2.40. The summed E-state index contributed by atoms with van der Waals surface area (Å²) in [5.74, 6) is 0. The molecule has 1 aliphatic carbocycles. The van der Waals surface area contributed by atoms with Crippen LogP contribution >= 0.6 is 0 Å². The van der Waals surface area contributed by atoms with Gasteiger partial charge in [-0.05, 0) is 78.8 Å². The van der Waals surface area contributed by atoms with E-state index in [-0.39, 0.29) is 0 Å². The Bertz CT molecular complexity index is 2090. The van der Waals surface area contributed by atoms with E-state index in [2.05, 4.69) is 102 Å². The fourth-order valence-corrected chi connectivity index (χ4v) is 5.76. The minimum atomic E-state index is 0.651. The van der Waals surface area contributed by atoms with Crippen LogP contribution < -0.4 is 0 Å². The molecule has 5 aromatic carbocycles. The molecule has 0 unspecified atom stereocenters. The van der Waals surface area contributed by atoms with Crippen LogP contribution in [0.3, 0.4) is 0 Å². The first-order valence-corrected chi connectivity index (χ1v) is 16.0. The van der Waals surface area contributed by atoms with Gasteiger partial charge in [-0.3, -0.25) is 4.99 Å². The van der Waals surface area contributed by atoms with E-state index in [1.165, 1.54) is 27.3 Å². The van der Waals surface area contributed by atoms with Crippen molar-refractivity contribution in [1.29, 1.82) is 5.26 Å². The van der Waals surface area contributed by atoms with Crippen LogP contribution in [0.15, 0.2) is 168 Å². The zero-order valence-corrected chi connectivity index (χ0v) is 26.8. The Morgan fingerprint density at radius 2 is 1.43 bits per heavy atom. The summed E-state index contributed by atoms with van der Waals surface area (Å²) in [6, 6.07) is 41.2. The molecule has 0 saturated carbocycles. The number of para-hydroxylation sites is 1. The number of fused-ring (bicyclic) bond motifs is 5. The van der Waals surface area contributed by atoms with Crippen molar-refractivity contribution in [2.75, 3.05) is 0 Å². The predicted molar refractivity (Wildman–Crippen MR) is 198 cm³/mol. The van der Waals surface area contributed by atoms with E-state index in [1.54, 1.807) is 0 Å². The number of nitrogens with zero attached hydrogens (tertiary/aromatic N) is 3. The number of hydrogen-bond donors (Lipinski definition) is 0. The standard InChI is InChI=1S/C35H27N3.C6H6.C2H6/c1-2-10-26(27-11-4-3-5-12-27)21-22-37-32-23-34-35(30-14-7-6-13-29(30)32)31-15-8-9-16-33(31)38(34)28-19-17-25(24-36)18-20-28;1-2-4-6-5-3-1;1-2/h2-4,6-11,13-23H,5,12H2,1H3;1-6H;1-2H3/b10-2-,26-21+,37-22?;;. The summed E-state index contributed by atoms with van der Waals surface area (Å²) in [7, 11) is 0. The summed E-state index contributed by atoms with van der Waals surface area (Å²) in [6.07, 6.45) is 16.9. The van der Waals surface area contributed by atoms with E-state index in [0.29, 0.717) is 5.56 Å². The van der Waals surface area contributed by atoms with Crippen LogP contribution in [-0.4, -0.2) is 10.8 Å². The molecule has 0 bridgehead atoms. The maximum Gasteiger partial charge on any atom is 0.0991 e. The van der Waals surface area contributed by atoms with Crippen LogP contribution in [0, 0.1) is 11.3 Å². The van der Waals surface area contributed by atoms with Crippen molar-refractivity contribution in [3.8, 4) is 11.8 Å². The van der Waals surface area contributed by atoms with Gasteiger partial charge in [-0.25, -0.2) is 0 Å². The zero-order chi connectivity index (χ0) is 32.1. The van der Waals surface area contributed by atoms with Crippen LogP contribution in [0.4, 0.5) is 5.69 Å². The molecule has 0 N–H and O–H groups in total. The van der Waals surface area contributed by atoms with Gasteiger partial charge < -0.3 is 4.57 Å². The van der Waals surface area contributed by atoms with E-state index in [9.17, 15) is 5.26 Å². The molecule has 3 heteroatoms. The molecule has 1 aliphatic rings. The van der Waals surface area contributed by atoms with Gasteiger partial charge >= 0.3 is 0 Å². The van der Waals surface area contributed by atoms with Gasteiger partial charge in [0.2, 0.25) is 0 Å². The number of aromatic nitrogens is 1. The molecule has 46 heavy (non-hydrogen) atoms. The van der Waals surface area contributed by atoms with Crippen LogP contribution in [0.1, 0.15) is 39.2 Å². The maximum absolute atomic E-state index is 9.31. The van der Waals surface area contributed by atoms with Crippen molar-refractivity contribution in [2.24, 2.45) is 4.99 Å². The maximum atomic E-state index is 9.31. The first kappa shape index (κ1) is 31.7. The Kier molecular flexibility index (Phi) is 10.9. The molecule has 0 radical (unpaired) electrons. The third kappa shape index (κ3) is 6.98. The highest BCUT2D eigenvalue weighted by Gasteiger charge is 2.16. The van der Waals surface area contributed by atoms with E-state index in [0.717, 1.165) is 40.6 Å². The van der Waals surface area contributed by atoms with Crippen molar-refractivity contribution in [3.63, 3.8) is 0 Å². The number of benzene rings is 5. The fourth-order valence-electron chi connectivity index (χ4n) is 5.76. The third-order valence-corrected chi connectivity index (χ3v) is 7.78. The molecule has 226 valence electrons. The Hall–Kier alpha value is -5.72. The van der Waals surface area contributed by atoms with Crippen molar-refractivity contribution in [3.05, 3.63) is 168 Å². The lowest BCUT2D eigenvalue weighted by atomic mass is 9.97. The quantitative estimate of drug-likeness (QED) is 0.144. The van der Waals surface area contributed by atoms with E-state index < -0.39 is 0 Å². The Balaban J connectivity index is 0.000000462. The van der Waals surface area contributed by atoms with Gasteiger partial charge in [0.25, 0.3) is 0 Å². The summed E-state index contributed by atoms with van der Waals surface area (Å²) in [4.78, 5) is 5.00. The number of rotatable bonds is 5. The van der Waals surface area contributed by atoms with Gasteiger partial charge in [0.15, 0.2) is 0 Å². The van der Waals surface area contributed by atoms with Crippen LogP contribution in [0.5, 0.6) is 0 Å². The van der Waals surface area contributed by atoms with Crippen molar-refractivity contribution in [2.45, 2.75) is 33.6 Å². The molecule has 0 amide bonds. The Morgan fingerprint density at radius 1 is 0.783 bits per heavy atom. The van der Waals surface area contributed by atoms with Gasteiger partial charge in [-0.1, -0.05) is 123 Å². The van der Waals surface area contributed by atoms with E-state index in [4.69, 9.17) is 4.99 Å². The van der Waals surface area contributed by atoms with Crippen molar-refractivity contribution >= 4 is 44.5 Å². The van der Waals surface area contributed by atoms with Gasteiger partial charge in [0, 0.05) is 28.1 Å². The molecule has 7 rings (SSSR count). The summed E-state index contributed by atoms with van der Waals surface area (Å²) in [5, 5.41) is 14.0. The van der Waals surface area contributed by atoms with E-state index >= 15 is 0 Å². The molecule has 3 nitrogen and oxygen atoms in total. The lowest BCUT2D eigenvalue weighted by Gasteiger charge is -2.10. The summed E-state index contributed by atoms with van der Waals surface area (Å²) in [5.41, 5.74) is 7.35. The number of allylic oxidation sites excluding steroid dienone is 8. The average Bonchev–Trinajstić information content (AvgIpc) is 3.48. The monoisotopic (exact) mass is 597 g/mol. The topological polar surface area (TPSA) is 41.1 Å². The largest absolute Gasteiger partial charge is 0.309 e. The van der Waals surface area contributed by atoms with Gasteiger partial charge in [-0.2, -0.15) is 5.26 Å².